The first-order valence-electron chi connectivity index (χ1n) is 6.32. The summed E-state index contributed by atoms with van der Waals surface area (Å²) in [7, 11) is -2.16. The second-order valence-corrected chi connectivity index (χ2v) is 11.8. The van der Waals surface area contributed by atoms with Crippen LogP contribution in [0.5, 0.6) is 0 Å². The Balaban J connectivity index is 3.42. The van der Waals surface area contributed by atoms with Crippen LogP contribution in [0.4, 0.5) is 0 Å². The molecule has 0 spiro atoms. The molecule has 7 heteroatoms. The van der Waals surface area contributed by atoms with E-state index in [1.54, 1.807) is 26.5 Å². The van der Waals surface area contributed by atoms with E-state index in [9.17, 15) is 8.42 Å². The van der Waals surface area contributed by atoms with Crippen LogP contribution >= 0.6 is 0 Å². The Bertz CT molecular complexity index is 484. The van der Waals surface area contributed by atoms with E-state index in [4.69, 9.17) is 0 Å². The van der Waals surface area contributed by atoms with E-state index in [2.05, 4.69) is 25.8 Å². The summed E-state index contributed by atoms with van der Waals surface area (Å²) in [5.41, 5.74) is 0.781. The molecule has 0 aliphatic heterocycles. The number of imidazole rings is 1. The molecule has 1 aromatic heterocycles. The first-order valence-corrected chi connectivity index (χ1v) is 10.3. The van der Waals surface area contributed by atoms with Crippen molar-refractivity contribution >= 4 is 23.7 Å². The molecule has 104 valence electrons. The Hall–Kier alpha value is -0.663. The van der Waals surface area contributed by atoms with E-state index in [1.165, 1.54) is 8.28 Å². The maximum absolute atomic E-state index is 12.3. The second-order valence-electron chi connectivity index (χ2n) is 4.68. The van der Waals surface area contributed by atoms with Gasteiger partial charge in [-0.25, -0.2) is 8.96 Å². The van der Waals surface area contributed by atoms with Crippen LogP contribution in [0.25, 0.3) is 0 Å². The van der Waals surface area contributed by atoms with Crippen LogP contribution in [0.2, 0.25) is 18.1 Å². The third-order valence-corrected chi connectivity index (χ3v) is 11.1. The summed E-state index contributed by atoms with van der Waals surface area (Å²) in [6, 6.07) is 3.04. The van der Waals surface area contributed by atoms with Gasteiger partial charge in [-0.3, -0.25) is 0 Å². The van der Waals surface area contributed by atoms with Gasteiger partial charge in [-0.2, -0.15) is 12.7 Å². The zero-order valence-electron chi connectivity index (χ0n) is 11.8. The molecule has 0 unspecified atom stereocenters. The predicted octanol–water partition coefficient (Wildman–Crippen LogP) is 1.25. The zero-order chi connectivity index (χ0) is 14.0. The normalized spacial score (nSPS) is 13.2. The summed E-state index contributed by atoms with van der Waals surface area (Å²) in [5.74, 6) is 0. The third-order valence-electron chi connectivity index (χ3n) is 3.82. The van der Waals surface area contributed by atoms with Gasteiger partial charge in [-0.15, -0.1) is 0 Å². The molecule has 0 aliphatic rings. The van der Waals surface area contributed by atoms with Crippen molar-refractivity contribution in [3.63, 3.8) is 0 Å². The van der Waals surface area contributed by atoms with Crippen molar-refractivity contribution in [3.8, 4) is 0 Å². The maximum atomic E-state index is 12.3. The summed E-state index contributed by atoms with van der Waals surface area (Å²) in [5, 5.41) is 0. The largest absolute Gasteiger partial charge is 0.308 e. The molecule has 0 aliphatic carbocycles. The Morgan fingerprint density at radius 2 is 1.72 bits per heavy atom. The molecular formula is C11H23N3O2SSi. The molecule has 0 saturated carbocycles. The van der Waals surface area contributed by atoms with Crippen LogP contribution in [0, 0.1) is 0 Å². The summed E-state index contributed by atoms with van der Waals surface area (Å²) in [4.78, 5) is 4.37. The van der Waals surface area contributed by atoms with Crippen molar-refractivity contribution in [2.75, 3.05) is 14.1 Å². The Kier molecular flexibility index (Phi) is 4.74. The minimum absolute atomic E-state index is 0.781. The highest BCUT2D eigenvalue weighted by molar-refractivity contribution is 7.87. The number of hydrogen-bond donors (Lipinski definition) is 0. The van der Waals surface area contributed by atoms with Crippen LogP contribution in [0.1, 0.15) is 20.8 Å². The highest BCUT2D eigenvalue weighted by atomic mass is 32.2. The van der Waals surface area contributed by atoms with Gasteiger partial charge in [0.05, 0.1) is 0 Å². The molecule has 0 radical (unpaired) electrons. The van der Waals surface area contributed by atoms with E-state index < -0.39 is 18.3 Å². The molecule has 0 saturated heterocycles. The standard InChI is InChI=1S/C11H23N3O2SSi/c1-6-18(7-2,8-3)11-12-9-10-14(11)17(15,16)13(4)5/h9-10H,6-8H2,1-5H3. The van der Waals surface area contributed by atoms with Gasteiger partial charge >= 0.3 is 10.2 Å². The smallest absolute Gasteiger partial charge is 0.246 e. The van der Waals surface area contributed by atoms with Gasteiger partial charge in [-0.1, -0.05) is 38.9 Å². The van der Waals surface area contributed by atoms with E-state index in [0.717, 1.165) is 23.6 Å². The minimum Gasteiger partial charge on any atom is -0.246 e. The van der Waals surface area contributed by atoms with Gasteiger partial charge < -0.3 is 0 Å². The van der Waals surface area contributed by atoms with E-state index in [-0.39, 0.29) is 0 Å². The first kappa shape index (κ1) is 15.4. The molecule has 1 rings (SSSR count). The van der Waals surface area contributed by atoms with E-state index >= 15 is 0 Å². The van der Waals surface area contributed by atoms with Crippen LogP contribution < -0.4 is 5.45 Å². The quantitative estimate of drug-likeness (QED) is 0.741. The number of nitrogens with zero attached hydrogens (tertiary/aromatic N) is 3. The molecule has 0 atom stereocenters. The van der Waals surface area contributed by atoms with Crippen LogP contribution in [0.3, 0.4) is 0 Å². The lowest BCUT2D eigenvalue weighted by Gasteiger charge is -2.28. The molecule has 5 nitrogen and oxygen atoms in total. The molecule has 1 aromatic rings. The average Bonchev–Trinajstić information content (AvgIpc) is 2.82. The highest BCUT2D eigenvalue weighted by Crippen LogP contribution is 2.20. The lowest BCUT2D eigenvalue weighted by Crippen LogP contribution is -2.53. The fourth-order valence-corrected chi connectivity index (χ4v) is 7.34. The topological polar surface area (TPSA) is 55.2 Å². The van der Waals surface area contributed by atoms with Crippen LogP contribution in [-0.2, 0) is 10.2 Å². The molecule has 0 amide bonds. The SMILES string of the molecule is CC[Si](CC)(CC)c1nccn1S(=O)(=O)N(C)C. The highest BCUT2D eigenvalue weighted by Gasteiger charge is 2.36. The Labute approximate surface area is 111 Å². The van der Waals surface area contributed by atoms with Gasteiger partial charge in [0, 0.05) is 26.5 Å². The Morgan fingerprint density at radius 3 is 2.11 bits per heavy atom. The van der Waals surface area contributed by atoms with Crippen molar-refractivity contribution in [3.05, 3.63) is 12.4 Å². The maximum Gasteiger partial charge on any atom is 0.308 e. The van der Waals surface area contributed by atoms with Gasteiger partial charge in [0.2, 0.25) is 0 Å². The molecule has 0 aromatic carbocycles. The summed E-state index contributed by atoms with van der Waals surface area (Å²) < 4.78 is 27.2. The molecular weight excluding hydrogens is 266 g/mol. The van der Waals surface area contributed by atoms with Crippen molar-refractivity contribution in [1.82, 2.24) is 13.3 Å². The van der Waals surface area contributed by atoms with E-state index in [0.29, 0.717) is 0 Å². The van der Waals surface area contributed by atoms with Gasteiger partial charge in [0.25, 0.3) is 0 Å². The Morgan fingerprint density at radius 1 is 1.22 bits per heavy atom. The summed E-state index contributed by atoms with van der Waals surface area (Å²) in [6.07, 6.45) is 3.16. The number of hydrogen-bond acceptors (Lipinski definition) is 3. The van der Waals surface area contributed by atoms with Crippen molar-refractivity contribution in [1.29, 1.82) is 0 Å². The minimum atomic E-state index is -3.46. The van der Waals surface area contributed by atoms with Crippen molar-refractivity contribution in [2.45, 2.75) is 38.9 Å². The first-order chi connectivity index (χ1) is 8.35. The lowest BCUT2D eigenvalue weighted by molar-refractivity contribution is 0.512. The molecule has 1 heterocycles. The molecule has 0 fully saturated rings. The van der Waals surface area contributed by atoms with Gasteiger partial charge in [0.15, 0.2) is 0 Å². The van der Waals surface area contributed by atoms with Crippen molar-refractivity contribution < 1.29 is 8.42 Å². The fraction of sp³-hybridized carbons (Fsp3) is 0.727. The molecule has 18 heavy (non-hydrogen) atoms. The van der Waals surface area contributed by atoms with Gasteiger partial charge in [0.1, 0.15) is 13.5 Å². The van der Waals surface area contributed by atoms with Gasteiger partial charge in [-0.05, 0) is 0 Å². The number of aromatic nitrogens is 2. The monoisotopic (exact) mass is 289 g/mol. The number of rotatable bonds is 6. The van der Waals surface area contributed by atoms with Crippen LogP contribution in [-0.4, -0.2) is 43.8 Å². The van der Waals surface area contributed by atoms with Crippen molar-refractivity contribution in [2.24, 2.45) is 0 Å². The summed E-state index contributed by atoms with van der Waals surface area (Å²) >= 11 is 0. The average molecular weight is 289 g/mol. The van der Waals surface area contributed by atoms with Crippen LogP contribution in [0.15, 0.2) is 12.4 Å². The zero-order valence-corrected chi connectivity index (χ0v) is 13.7. The second kappa shape index (κ2) is 5.54. The van der Waals surface area contributed by atoms with E-state index in [1.807, 2.05) is 0 Å². The molecule has 0 N–H and O–H groups in total. The molecule has 0 bridgehead atoms. The third kappa shape index (κ3) is 2.39. The fourth-order valence-electron chi connectivity index (χ4n) is 2.25. The predicted molar refractivity (Wildman–Crippen MR) is 77.1 cm³/mol. The summed E-state index contributed by atoms with van der Waals surface area (Å²) in [6.45, 7) is 6.42. The lowest BCUT2D eigenvalue weighted by atomic mass is 10.9.